The number of halogens is 1. The van der Waals surface area contributed by atoms with Crippen molar-refractivity contribution in [1.29, 1.82) is 0 Å². The van der Waals surface area contributed by atoms with Crippen LogP contribution in [0.15, 0.2) is 6.07 Å². The number of nitrogen functional groups attached to an aromatic ring is 1. The van der Waals surface area contributed by atoms with Gasteiger partial charge in [-0.1, -0.05) is 18.0 Å². The van der Waals surface area contributed by atoms with Crippen molar-refractivity contribution >= 4 is 23.4 Å². The first kappa shape index (κ1) is 14.3. The molecule has 2 rings (SSSR count). The Kier molecular flexibility index (Phi) is 5.22. The molecule has 2 heterocycles. The van der Waals surface area contributed by atoms with Gasteiger partial charge in [0, 0.05) is 25.2 Å². The van der Waals surface area contributed by atoms with Crippen LogP contribution in [0.4, 0.5) is 11.8 Å². The molecule has 1 aromatic heterocycles. The molecule has 0 aromatic carbocycles. The van der Waals surface area contributed by atoms with E-state index in [1.54, 1.807) is 6.07 Å². The van der Waals surface area contributed by atoms with Crippen LogP contribution in [-0.2, 0) is 0 Å². The molecule has 1 atom stereocenters. The molecule has 19 heavy (non-hydrogen) atoms. The van der Waals surface area contributed by atoms with Crippen LogP contribution in [0.25, 0.3) is 0 Å². The van der Waals surface area contributed by atoms with Crippen LogP contribution in [0.1, 0.15) is 32.6 Å². The maximum Gasteiger partial charge on any atom is 0.223 e. The molecule has 0 aliphatic carbocycles. The number of aromatic nitrogens is 2. The molecule has 1 aliphatic rings. The van der Waals surface area contributed by atoms with Gasteiger partial charge in [-0.15, -0.1) is 0 Å². The Bertz CT molecular complexity index is 392. The van der Waals surface area contributed by atoms with E-state index in [1.807, 2.05) is 0 Å². The maximum absolute atomic E-state index is 5.82. The van der Waals surface area contributed by atoms with E-state index < -0.39 is 0 Å². The number of likely N-dealkylation sites (tertiary alicyclic amines) is 1. The average molecular weight is 284 g/mol. The lowest BCUT2D eigenvalue weighted by Gasteiger charge is -2.33. The number of piperidine rings is 1. The van der Waals surface area contributed by atoms with Crippen LogP contribution in [-0.4, -0.2) is 40.5 Å². The molecule has 1 aromatic rings. The summed E-state index contributed by atoms with van der Waals surface area (Å²) >= 11 is 5.82. The predicted octanol–water partition coefficient (Wildman–Crippen LogP) is 2.39. The summed E-state index contributed by atoms with van der Waals surface area (Å²) in [5.41, 5.74) is 5.54. The summed E-state index contributed by atoms with van der Waals surface area (Å²) < 4.78 is 0. The number of anilines is 2. The van der Waals surface area contributed by atoms with E-state index in [0.29, 0.717) is 11.0 Å². The SMILES string of the molecule is CC1CCCCN1CCCNc1cc(Cl)nc(N)n1. The molecule has 1 aliphatic heterocycles. The highest BCUT2D eigenvalue weighted by Gasteiger charge is 2.16. The fourth-order valence-corrected chi connectivity index (χ4v) is 2.70. The topological polar surface area (TPSA) is 67.1 Å². The molecule has 0 saturated carbocycles. The molecular formula is C13H22ClN5. The van der Waals surface area contributed by atoms with E-state index in [4.69, 9.17) is 17.3 Å². The van der Waals surface area contributed by atoms with E-state index in [1.165, 1.54) is 25.8 Å². The Hall–Kier alpha value is -1.07. The minimum atomic E-state index is 0.208. The van der Waals surface area contributed by atoms with Crippen molar-refractivity contribution in [3.8, 4) is 0 Å². The van der Waals surface area contributed by atoms with Crippen molar-refractivity contribution in [1.82, 2.24) is 14.9 Å². The van der Waals surface area contributed by atoms with Crippen molar-refractivity contribution in [2.75, 3.05) is 30.7 Å². The van der Waals surface area contributed by atoms with Gasteiger partial charge in [-0.25, -0.2) is 4.98 Å². The van der Waals surface area contributed by atoms with Crippen LogP contribution in [0, 0.1) is 0 Å². The van der Waals surface area contributed by atoms with Crippen LogP contribution in [0.2, 0.25) is 5.15 Å². The average Bonchev–Trinajstić information content (AvgIpc) is 2.35. The molecule has 6 heteroatoms. The zero-order chi connectivity index (χ0) is 13.7. The fourth-order valence-electron chi connectivity index (χ4n) is 2.51. The second-order valence-corrected chi connectivity index (χ2v) is 5.48. The molecule has 5 nitrogen and oxygen atoms in total. The number of hydrogen-bond acceptors (Lipinski definition) is 5. The van der Waals surface area contributed by atoms with E-state index in [2.05, 4.69) is 27.1 Å². The number of nitrogens with zero attached hydrogens (tertiary/aromatic N) is 3. The summed E-state index contributed by atoms with van der Waals surface area (Å²) in [5, 5.41) is 3.61. The second kappa shape index (κ2) is 6.91. The number of nitrogens with one attached hydrogen (secondary N) is 1. The summed E-state index contributed by atoms with van der Waals surface area (Å²) in [7, 11) is 0. The Balaban J connectivity index is 1.71. The minimum absolute atomic E-state index is 0.208. The van der Waals surface area contributed by atoms with Crippen LogP contribution in [0.5, 0.6) is 0 Å². The van der Waals surface area contributed by atoms with Crippen molar-refractivity contribution in [3.63, 3.8) is 0 Å². The zero-order valence-corrected chi connectivity index (χ0v) is 12.2. The molecule has 1 saturated heterocycles. The van der Waals surface area contributed by atoms with E-state index in [9.17, 15) is 0 Å². The molecule has 0 spiro atoms. The summed E-state index contributed by atoms with van der Waals surface area (Å²) in [6.07, 6.45) is 5.11. The van der Waals surface area contributed by atoms with Gasteiger partial charge in [0.1, 0.15) is 11.0 Å². The van der Waals surface area contributed by atoms with E-state index >= 15 is 0 Å². The smallest absolute Gasteiger partial charge is 0.223 e. The molecule has 0 bridgehead atoms. The highest BCUT2D eigenvalue weighted by Crippen LogP contribution is 2.16. The Morgan fingerprint density at radius 2 is 2.32 bits per heavy atom. The van der Waals surface area contributed by atoms with Gasteiger partial charge in [-0.05, 0) is 32.7 Å². The van der Waals surface area contributed by atoms with Gasteiger partial charge in [-0.2, -0.15) is 4.98 Å². The fraction of sp³-hybridized carbons (Fsp3) is 0.692. The summed E-state index contributed by atoms with van der Waals surface area (Å²) in [4.78, 5) is 10.5. The monoisotopic (exact) mass is 283 g/mol. The third-order valence-electron chi connectivity index (χ3n) is 3.58. The number of nitrogens with two attached hydrogens (primary N) is 1. The second-order valence-electron chi connectivity index (χ2n) is 5.10. The van der Waals surface area contributed by atoms with Gasteiger partial charge < -0.3 is 16.0 Å². The van der Waals surface area contributed by atoms with Gasteiger partial charge in [0.25, 0.3) is 0 Å². The van der Waals surface area contributed by atoms with Gasteiger partial charge in [-0.3, -0.25) is 0 Å². The molecule has 1 fully saturated rings. The lowest BCUT2D eigenvalue weighted by molar-refractivity contribution is 0.160. The van der Waals surface area contributed by atoms with Crippen molar-refractivity contribution in [2.45, 2.75) is 38.6 Å². The van der Waals surface area contributed by atoms with Crippen LogP contribution < -0.4 is 11.1 Å². The first-order valence-electron chi connectivity index (χ1n) is 6.93. The maximum atomic E-state index is 5.82. The third-order valence-corrected chi connectivity index (χ3v) is 3.77. The first-order chi connectivity index (χ1) is 9.15. The summed E-state index contributed by atoms with van der Waals surface area (Å²) in [6.45, 7) is 5.55. The first-order valence-corrected chi connectivity index (χ1v) is 7.31. The predicted molar refractivity (Wildman–Crippen MR) is 79.4 cm³/mol. The summed E-state index contributed by atoms with van der Waals surface area (Å²) in [6, 6.07) is 2.42. The quantitative estimate of drug-likeness (QED) is 0.641. The van der Waals surface area contributed by atoms with Gasteiger partial charge in [0.15, 0.2) is 0 Å². The Morgan fingerprint density at radius 1 is 1.47 bits per heavy atom. The van der Waals surface area contributed by atoms with Gasteiger partial charge >= 0.3 is 0 Å². The third kappa shape index (κ3) is 4.51. The minimum Gasteiger partial charge on any atom is -0.370 e. The van der Waals surface area contributed by atoms with Crippen molar-refractivity contribution in [2.24, 2.45) is 0 Å². The number of rotatable bonds is 5. The Morgan fingerprint density at radius 3 is 3.05 bits per heavy atom. The Labute approximate surface area is 119 Å². The largest absolute Gasteiger partial charge is 0.370 e. The molecule has 0 amide bonds. The lowest BCUT2D eigenvalue weighted by atomic mass is 10.0. The van der Waals surface area contributed by atoms with Gasteiger partial charge in [0.2, 0.25) is 5.95 Å². The molecular weight excluding hydrogens is 262 g/mol. The van der Waals surface area contributed by atoms with E-state index in [0.717, 1.165) is 25.6 Å². The van der Waals surface area contributed by atoms with Crippen LogP contribution >= 0.6 is 11.6 Å². The molecule has 106 valence electrons. The summed E-state index contributed by atoms with van der Waals surface area (Å²) in [5.74, 6) is 0.906. The van der Waals surface area contributed by atoms with Crippen molar-refractivity contribution in [3.05, 3.63) is 11.2 Å². The van der Waals surface area contributed by atoms with Crippen LogP contribution in [0.3, 0.4) is 0 Å². The highest BCUT2D eigenvalue weighted by molar-refractivity contribution is 6.29. The molecule has 1 unspecified atom stereocenters. The lowest BCUT2D eigenvalue weighted by Crippen LogP contribution is -2.38. The molecule has 3 N–H and O–H groups in total. The zero-order valence-electron chi connectivity index (χ0n) is 11.4. The van der Waals surface area contributed by atoms with Crippen molar-refractivity contribution < 1.29 is 0 Å². The van der Waals surface area contributed by atoms with Gasteiger partial charge in [0.05, 0.1) is 0 Å². The highest BCUT2D eigenvalue weighted by atomic mass is 35.5. The standard InChI is InChI=1S/C13H22ClN5/c1-10-5-2-3-7-19(10)8-4-6-16-12-9-11(14)17-13(15)18-12/h9-10H,2-8H2,1H3,(H3,15,16,17,18). The molecule has 0 radical (unpaired) electrons. The normalized spacial score (nSPS) is 20.4. The number of hydrogen-bond donors (Lipinski definition) is 2. The van der Waals surface area contributed by atoms with E-state index in [-0.39, 0.29) is 5.95 Å².